The summed E-state index contributed by atoms with van der Waals surface area (Å²) in [6.45, 7) is 1.99. The number of likely N-dealkylation sites (tertiary alicyclic amines) is 1. The monoisotopic (exact) mass is 307 g/mol. The maximum atomic E-state index is 12.4. The molecule has 0 bridgehead atoms. The molecule has 0 N–H and O–H groups in total. The van der Waals surface area contributed by atoms with Gasteiger partial charge in [-0.3, -0.25) is 4.79 Å². The number of imidazole rings is 1. The van der Waals surface area contributed by atoms with Gasteiger partial charge in [0.25, 0.3) is 0 Å². The van der Waals surface area contributed by atoms with Crippen molar-refractivity contribution in [3.8, 4) is 5.75 Å². The molecular formula is C15H18ClN3O2. The number of fused-ring (bicyclic) bond motifs is 1. The van der Waals surface area contributed by atoms with Crippen molar-refractivity contribution in [3.63, 3.8) is 0 Å². The highest BCUT2D eigenvalue weighted by Gasteiger charge is 2.21. The molecule has 0 saturated carbocycles. The van der Waals surface area contributed by atoms with Crippen molar-refractivity contribution in [3.05, 3.63) is 24.0 Å². The molecule has 1 aliphatic rings. The minimum Gasteiger partial charge on any atom is -0.494 e. The zero-order valence-corrected chi connectivity index (χ0v) is 12.8. The molecule has 112 valence electrons. The van der Waals surface area contributed by atoms with E-state index in [9.17, 15) is 4.79 Å². The number of rotatable bonds is 4. The summed E-state index contributed by atoms with van der Waals surface area (Å²) in [5.41, 5.74) is 1.64. The van der Waals surface area contributed by atoms with Gasteiger partial charge in [0, 0.05) is 13.1 Å². The van der Waals surface area contributed by atoms with E-state index in [0.717, 1.165) is 37.0 Å². The second kappa shape index (κ2) is 5.93. The number of carbonyl (C=O) groups excluding carboxylic acids is 1. The standard InChI is InChI=1S/C15H18ClN3O2/c1-21-12-6-4-5-11-15(12)17-13(9-16)19(11)10-14(20)18-7-2-3-8-18/h4-6H,2-3,7-10H2,1H3. The van der Waals surface area contributed by atoms with Crippen molar-refractivity contribution in [1.29, 1.82) is 0 Å². The Morgan fingerprint density at radius 3 is 2.81 bits per heavy atom. The number of alkyl halides is 1. The van der Waals surface area contributed by atoms with Crippen LogP contribution in [0.1, 0.15) is 18.7 Å². The second-order valence-electron chi connectivity index (χ2n) is 5.16. The van der Waals surface area contributed by atoms with E-state index in [0.29, 0.717) is 11.6 Å². The highest BCUT2D eigenvalue weighted by Crippen LogP contribution is 2.26. The van der Waals surface area contributed by atoms with Crippen molar-refractivity contribution in [2.45, 2.75) is 25.3 Å². The highest BCUT2D eigenvalue weighted by molar-refractivity contribution is 6.17. The molecule has 0 spiro atoms. The minimum atomic E-state index is 0.126. The summed E-state index contributed by atoms with van der Waals surface area (Å²) in [5, 5.41) is 0. The van der Waals surface area contributed by atoms with E-state index in [4.69, 9.17) is 16.3 Å². The first-order chi connectivity index (χ1) is 10.2. The van der Waals surface area contributed by atoms with Crippen molar-refractivity contribution < 1.29 is 9.53 Å². The van der Waals surface area contributed by atoms with Crippen LogP contribution in [0, 0.1) is 0 Å². The Bertz CT molecular complexity index is 662. The zero-order chi connectivity index (χ0) is 14.8. The Hall–Kier alpha value is -1.75. The fraction of sp³-hybridized carbons (Fsp3) is 0.467. The Morgan fingerprint density at radius 2 is 2.14 bits per heavy atom. The van der Waals surface area contributed by atoms with Gasteiger partial charge in [-0.1, -0.05) is 6.07 Å². The van der Waals surface area contributed by atoms with E-state index in [-0.39, 0.29) is 18.3 Å². The molecule has 0 atom stereocenters. The van der Waals surface area contributed by atoms with Gasteiger partial charge in [-0.25, -0.2) is 4.98 Å². The number of halogens is 1. The van der Waals surface area contributed by atoms with Crippen LogP contribution in [0.4, 0.5) is 0 Å². The molecule has 1 aromatic carbocycles. The molecule has 1 aliphatic heterocycles. The molecule has 1 saturated heterocycles. The average molecular weight is 308 g/mol. The number of benzene rings is 1. The number of ether oxygens (including phenoxy) is 1. The molecule has 21 heavy (non-hydrogen) atoms. The van der Waals surface area contributed by atoms with Gasteiger partial charge in [-0.2, -0.15) is 0 Å². The van der Waals surface area contributed by atoms with Gasteiger partial charge in [0.05, 0.1) is 18.5 Å². The molecule has 0 unspecified atom stereocenters. The summed E-state index contributed by atoms with van der Waals surface area (Å²) in [5.74, 6) is 1.79. The Kier molecular flexibility index (Phi) is 4.01. The summed E-state index contributed by atoms with van der Waals surface area (Å²) in [6, 6.07) is 5.70. The van der Waals surface area contributed by atoms with Crippen molar-refractivity contribution >= 4 is 28.5 Å². The number of methoxy groups -OCH3 is 1. The van der Waals surface area contributed by atoms with Crippen LogP contribution < -0.4 is 4.74 Å². The molecule has 0 radical (unpaired) electrons. The Morgan fingerprint density at radius 1 is 1.38 bits per heavy atom. The van der Waals surface area contributed by atoms with Gasteiger partial charge in [-0.15, -0.1) is 11.6 Å². The van der Waals surface area contributed by atoms with E-state index in [2.05, 4.69) is 4.98 Å². The number of carbonyl (C=O) groups is 1. The molecule has 1 aromatic heterocycles. The van der Waals surface area contributed by atoms with Gasteiger partial charge in [0.1, 0.15) is 23.6 Å². The first kappa shape index (κ1) is 14.2. The van der Waals surface area contributed by atoms with Crippen LogP contribution in [0.25, 0.3) is 11.0 Å². The Labute approximate surface area is 128 Å². The Balaban J connectivity index is 1.98. The van der Waals surface area contributed by atoms with E-state index in [1.54, 1.807) is 7.11 Å². The zero-order valence-electron chi connectivity index (χ0n) is 12.0. The van der Waals surface area contributed by atoms with Crippen LogP contribution in [0.15, 0.2) is 18.2 Å². The van der Waals surface area contributed by atoms with Gasteiger partial charge >= 0.3 is 0 Å². The maximum Gasteiger partial charge on any atom is 0.242 e. The fourth-order valence-corrected chi connectivity index (χ4v) is 3.02. The minimum absolute atomic E-state index is 0.126. The third-order valence-corrected chi connectivity index (χ3v) is 4.15. The normalized spacial score (nSPS) is 14.9. The predicted octanol–water partition coefficient (Wildman–Crippen LogP) is 2.41. The molecule has 2 aromatic rings. The van der Waals surface area contributed by atoms with Crippen LogP contribution in [-0.2, 0) is 17.2 Å². The van der Waals surface area contributed by atoms with Crippen LogP contribution in [0.3, 0.4) is 0 Å². The van der Waals surface area contributed by atoms with Gasteiger partial charge in [0.15, 0.2) is 0 Å². The number of hydrogen-bond acceptors (Lipinski definition) is 3. The van der Waals surface area contributed by atoms with E-state index < -0.39 is 0 Å². The topological polar surface area (TPSA) is 47.4 Å². The lowest BCUT2D eigenvalue weighted by Crippen LogP contribution is -2.31. The largest absolute Gasteiger partial charge is 0.494 e. The summed E-state index contributed by atoms with van der Waals surface area (Å²) in [4.78, 5) is 18.8. The maximum absolute atomic E-state index is 12.4. The predicted molar refractivity (Wildman–Crippen MR) is 81.7 cm³/mol. The van der Waals surface area contributed by atoms with E-state index >= 15 is 0 Å². The van der Waals surface area contributed by atoms with Crippen molar-refractivity contribution in [2.24, 2.45) is 0 Å². The first-order valence-corrected chi connectivity index (χ1v) is 7.64. The van der Waals surface area contributed by atoms with Crippen molar-refractivity contribution in [2.75, 3.05) is 20.2 Å². The van der Waals surface area contributed by atoms with Crippen LogP contribution in [0.2, 0.25) is 0 Å². The third-order valence-electron chi connectivity index (χ3n) is 3.91. The lowest BCUT2D eigenvalue weighted by atomic mass is 10.3. The number of para-hydroxylation sites is 1. The van der Waals surface area contributed by atoms with E-state index in [1.165, 1.54) is 0 Å². The van der Waals surface area contributed by atoms with Crippen LogP contribution in [0.5, 0.6) is 5.75 Å². The lowest BCUT2D eigenvalue weighted by molar-refractivity contribution is -0.130. The number of hydrogen-bond donors (Lipinski definition) is 0. The molecule has 1 amide bonds. The molecule has 2 heterocycles. The molecule has 1 fully saturated rings. The summed E-state index contributed by atoms with van der Waals surface area (Å²) in [7, 11) is 1.61. The highest BCUT2D eigenvalue weighted by atomic mass is 35.5. The number of aromatic nitrogens is 2. The average Bonchev–Trinajstić information content (AvgIpc) is 3.14. The SMILES string of the molecule is COc1cccc2c1nc(CCl)n2CC(=O)N1CCCC1. The summed E-state index contributed by atoms with van der Waals surface area (Å²) >= 11 is 5.99. The lowest BCUT2D eigenvalue weighted by Gasteiger charge is -2.16. The molecule has 3 rings (SSSR count). The van der Waals surface area contributed by atoms with Crippen LogP contribution in [-0.4, -0.2) is 40.6 Å². The first-order valence-electron chi connectivity index (χ1n) is 7.10. The van der Waals surface area contributed by atoms with Crippen LogP contribution >= 0.6 is 11.6 Å². The van der Waals surface area contributed by atoms with Gasteiger partial charge in [-0.05, 0) is 25.0 Å². The second-order valence-corrected chi connectivity index (χ2v) is 5.43. The van der Waals surface area contributed by atoms with E-state index in [1.807, 2.05) is 27.7 Å². The smallest absolute Gasteiger partial charge is 0.242 e. The number of amides is 1. The summed E-state index contributed by atoms with van der Waals surface area (Å²) in [6.07, 6.45) is 2.18. The molecular weight excluding hydrogens is 290 g/mol. The number of nitrogens with zero attached hydrogens (tertiary/aromatic N) is 3. The van der Waals surface area contributed by atoms with Gasteiger partial charge < -0.3 is 14.2 Å². The molecule has 0 aliphatic carbocycles. The van der Waals surface area contributed by atoms with Crippen molar-refractivity contribution in [1.82, 2.24) is 14.5 Å². The fourth-order valence-electron chi connectivity index (χ4n) is 2.81. The summed E-state index contributed by atoms with van der Waals surface area (Å²) < 4.78 is 7.23. The quantitative estimate of drug-likeness (QED) is 0.815. The third kappa shape index (κ3) is 2.58. The van der Waals surface area contributed by atoms with Gasteiger partial charge in [0.2, 0.25) is 5.91 Å². The molecule has 6 heteroatoms. The molecule has 5 nitrogen and oxygen atoms in total.